The molecule has 70 valence electrons. The SMILES string of the molecule is FC1=C=C(Cl)/C(F)=C(/F)CN=C1F. The second-order valence-electron chi connectivity index (χ2n) is 2.08. The van der Waals surface area contributed by atoms with E-state index >= 15 is 0 Å². The molecule has 0 unspecified atom stereocenters. The Kier molecular flexibility index (Phi) is 2.90. The second kappa shape index (κ2) is 3.77. The van der Waals surface area contributed by atoms with Crippen molar-refractivity contribution < 1.29 is 17.6 Å². The minimum Gasteiger partial charge on any atom is -0.247 e. The zero-order chi connectivity index (χ0) is 10.0. The fraction of sp³-hybridized carbons (Fsp3) is 0.143. The van der Waals surface area contributed by atoms with Crippen LogP contribution in [0.25, 0.3) is 0 Å². The Morgan fingerprint density at radius 3 is 2.46 bits per heavy atom. The molecule has 0 aromatic heterocycles. The first kappa shape index (κ1) is 10.0. The average Bonchev–Trinajstić information content (AvgIpc) is 2.10. The van der Waals surface area contributed by atoms with Gasteiger partial charge in [0.1, 0.15) is 5.03 Å². The van der Waals surface area contributed by atoms with Crippen molar-refractivity contribution in [2.45, 2.75) is 0 Å². The van der Waals surface area contributed by atoms with E-state index in [9.17, 15) is 17.6 Å². The molecular formula is C7H2ClF4N. The first-order chi connectivity index (χ1) is 6.02. The highest BCUT2D eigenvalue weighted by molar-refractivity contribution is 6.31. The van der Waals surface area contributed by atoms with Crippen LogP contribution in [0.2, 0.25) is 0 Å². The maximum absolute atomic E-state index is 12.6. The molecule has 0 fully saturated rings. The lowest BCUT2D eigenvalue weighted by atomic mass is 10.3. The zero-order valence-corrected chi connectivity index (χ0v) is 6.80. The molecule has 0 spiro atoms. The molecule has 1 nitrogen and oxygen atoms in total. The topological polar surface area (TPSA) is 12.4 Å². The molecule has 0 bridgehead atoms. The van der Waals surface area contributed by atoms with Crippen LogP contribution in [0.3, 0.4) is 0 Å². The van der Waals surface area contributed by atoms with E-state index in [1.165, 1.54) is 5.73 Å². The first-order valence-corrected chi connectivity index (χ1v) is 3.47. The summed E-state index contributed by atoms with van der Waals surface area (Å²) in [4.78, 5) is 2.76. The normalized spacial score (nSPS) is 24.2. The lowest BCUT2D eigenvalue weighted by molar-refractivity contribution is 0.535. The second-order valence-corrected chi connectivity index (χ2v) is 2.46. The molecule has 1 aliphatic heterocycles. The summed E-state index contributed by atoms with van der Waals surface area (Å²) in [6.45, 7) is -0.914. The fourth-order valence-electron chi connectivity index (χ4n) is 0.600. The van der Waals surface area contributed by atoms with Gasteiger partial charge in [-0.2, -0.15) is 8.78 Å². The van der Waals surface area contributed by atoms with Gasteiger partial charge in [-0.3, -0.25) is 0 Å². The van der Waals surface area contributed by atoms with E-state index in [0.29, 0.717) is 0 Å². The summed E-state index contributed by atoms with van der Waals surface area (Å²) in [5, 5.41) is -0.944. The number of allylic oxidation sites excluding steroid dienone is 2. The van der Waals surface area contributed by atoms with Gasteiger partial charge in [-0.05, 0) is 0 Å². The molecule has 0 saturated heterocycles. The monoisotopic (exact) mass is 211 g/mol. The maximum Gasteiger partial charge on any atom is 0.253 e. The maximum atomic E-state index is 12.6. The molecule has 1 aliphatic rings. The minimum absolute atomic E-state index is 0.914. The predicted octanol–water partition coefficient (Wildman–Crippen LogP) is 3.09. The Hall–Kier alpha value is -1.06. The average molecular weight is 212 g/mol. The molecule has 0 aromatic rings. The van der Waals surface area contributed by atoms with E-state index in [1.807, 2.05) is 0 Å². The number of nitrogens with zero attached hydrogens (tertiary/aromatic N) is 1. The van der Waals surface area contributed by atoms with Crippen molar-refractivity contribution in [1.82, 2.24) is 0 Å². The molecule has 0 atom stereocenters. The van der Waals surface area contributed by atoms with Crippen molar-refractivity contribution in [3.05, 3.63) is 28.2 Å². The van der Waals surface area contributed by atoms with Crippen LogP contribution in [0.5, 0.6) is 0 Å². The van der Waals surface area contributed by atoms with E-state index in [0.717, 1.165) is 0 Å². The lowest BCUT2D eigenvalue weighted by Crippen LogP contribution is -1.97. The third-order valence-corrected chi connectivity index (χ3v) is 1.45. The molecule has 0 saturated carbocycles. The van der Waals surface area contributed by atoms with Gasteiger partial charge in [0.15, 0.2) is 11.7 Å². The minimum atomic E-state index is -1.55. The molecule has 13 heavy (non-hydrogen) atoms. The molecular weight excluding hydrogens is 210 g/mol. The van der Waals surface area contributed by atoms with Crippen molar-refractivity contribution in [2.75, 3.05) is 6.54 Å². The highest BCUT2D eigenvalue weighted by Gasteiger charge is 2.15. The van der Waals surface area contributed by atoms with Crippen LogP contribution in [0.15, 0.2) is 33.2 Å². The van der Waals surface area contributed by atoms with Crippen LogP contribution in [0.4, 0.5) is 17.6 Å². The first-order valence-electron chi connectivity index (χ1n) is 3.09. The van der Waals surface area contributed by atoms with Crippen LogP contribution in [-0.2, 0) is 0 Å². The summed E-state index contributed by atoms with van der Waals surface area (Å²) in [5.74, 6) is -5.94. The van der Waals surface area contributed by atoms with Crippen molar-refractivity contribution >= 4 is 17.6 Å². The predicted molar refractivity (Wildman–Crippen MR) is 40.2 cm³/mol. The van der Waals surface area contributed by atoms with Crippen LogP contribution in [-0.4, -0.2) is 12.5 Å². The molecule has 1 rings (SSSR count). The Balaban J connectivity index is 3.33. The van der Waals surface area contributed by atoms with E-state index in [4.69, 9.17) is 11.6 Å². The molecule has 0 aliphatic carbocycles. The summed E-state index contributed by atoms with van der Waals surface area (Å²) in [6, 6.07) is 0. The van der Waals surface area contributed by atoms with Gasteiger partial charge in [-0.25, -0.2) is 13.8 Å². The number of aliphatic imine (C=N–C) groups is 1. The van der Waals surface area contributed by atoms with E-state index in [-0.39, 0.29) is 0 Å². The van der Waals surface area contributed by atoms with Gasteiger partial charge in [0, 0.05) is 0 Å². The standard InChI is InChI=1S/C7H2ClF4N/c8-3-1-4(9)7(12)13-2-5(10)6(3)11/h2H2/b6-5-,13-7?. The fourth-order valence-corrected chi connectivity index (χ4v) is 0.785. The number of rotatable bonds is 0. The highest BCUT2D eigenvalue weighted by atomic mass is 35.5. The van der Waals surface area contributed by atoms with E-state index < -0.39 is 35.0 Å². The van der Waals surface area contributed by atoms with Crippen molar-refractivity contribution in [3.63, 3.8) is 0 Å². The van der Waals surface area contributed by atoms with Gasteiger partial charge in [0.05, 0.1) is 6.54 Å². The lowest BCUT2D eigenvalue weighted by Gasteiger charge is -1.98. The van der Waals surface area contributed by atoms with Crippen molar-refractivity contribution in [3.8, 4) is 0 Å². The molecule has 0 radical (unpaired) electrons. The molecule has 6 heteroatoms. The molecule has 0 N–H and O–H groups in total. The summed E-state index contributed by atoms with van der Waals surface area (Å²) in [5.41, 5.74) is 1.47. The highest BCUT2D eigenvalue weighted by Crippen LogP contribution is 2.23. The Morgan fingerprint density at radius 2 is 1.85 bits per heavy atom. The Morgan fingerprint density at radius 1 is 1.23 bits per heavy atom. The van der Waals surface area contributed by atoms with Gasteiger partial charge in [-0.1, -0.05) is 17.3 Å². The Bertz CT molecular complexity index is 363. The van der Waals surface area contributed by atoms with E-state index in [1.54, 1.807) is 0 Å². The summed E-state index contributed by atoms with van der Waals surface area (Å²) >= 11 is 5.05. The smallest absolute Gasteiger partial charge is 0.247 e. The molecule has 1 heterocycles. The van der Waals surface area contributed by atoms with E-state index in [2.05, 4.69) is 4.99 Å². The quantitative estimate of drug-likeness (QED) is 0.431. The molecule has 0 aromatic carbocycles. The summed E-state index contributed by atoms with van der Waals surface area (Å²) in [6.07, 6.45) is 0. The molecule has 0 amide bonds. The van der Waals surface area contributed by atoms with Crippen LogP contribution in [0.1, 0.15) is 0 Å². The van der Waals surface area contributed by atoms with Gasteiger partial charge in [-0.15, -0.1) is 0 Å². The number of hydrogen-bond acceptors (Lipinski definition) is 1. The van der Waals surface area contributed by atoms with Crippen LogP contribution in [0, 0.1) is 0 Å². The third-order valence-electron chi connectivity index (χ3n) is 1.19. The largest absolute Gasteiger partial charge is 0.253 e. The summed E-state index contributed by atoms with van der Waals surface area (Å²) < 4.78 is 50.0. The summed E-state index contributed by atoms with van der Waals surface area (Å²) in [7, 11) is 0. The van der Waals surface area contributed by atoms with Crippen LogP contribution >= 0.6 is 11.6 Å². The van der Waals surface area contributed by atoms with Crippen LogP contribution < -0.4 is 0 Å². The van der Waals surface area contributed by atoms with Crippen molar-refractivity contribution in [1.29, 1.82) is 0 Å². The van der Waals surface area contributed by atoms with Gasteiger partial charge in [0.25, 0.3) is 5.97 Å². The number of halogens is 5. The van der Waals surface area contributed by atoms with Gasteiger partial charge < -0.3 is 0 Å². The van der Waals surface area contributed by atoms with Crippen molar-refractivity contribution in [2.24, 2.45) is 4.99 Å². The Labute approximate surface area is 75.7 Å². The zero-order valence-electron chi connectivity index (χ0n) is 6.04. The van der Waals surface area contributed by atoms with Gasteiger partial charge >= 0.3 is 0 Å². The third kappa shape index (κ3) is 2.20. The van der Waals surface area contributed by atoms with Gasteiger partial charge in [0.2, 0.25) is 5.83 Å². The number of hydrogen-bond donors (Lipinski definition) is 0.